The molecule has 4 nitrogen and oxygen atoms in total. The molecule has 0 rings (SSSR count). The maximum atomic E-state index is 6.00. The molecule has 0 fully saturated rings. The van der Waals surface area contributed by atoms with Gasteiger partial charge >= 0.3 is 23.1 Å². The van der Waals surface area contributed by atoms with Gasteiger partial charge in [-0.2, -0.15) is 0 Å². The van der Waals surface area contributed by atoms with Crippen molar-refractivity contribution in [3.8, 4) is 0 Å². The number of rotatable bonds is 0. The largest absolute Gasteiger partial charge is 2.00 e. The average Bonchev–Trinajstić information content (AvgIpc) is 1.50. The van der Waals surface area contributed by atoms with Gasteiger partial charge in [-0.05, 0) is 0 Å². The Labute approximate surface area is 44.7 Å². The van der Waals surface area contributed by atoms with Gasteiger partial charge in [0.25, 0.3) is 0 Å². The third-order valence-electron chi connectivity index (χ3n) is 0. The molecule has 0 radical (unpaired) electrons. The molecule has 0 aliphatic rings. The average molecular weight is 92.3 g/mol. The van der Waals surface area contributed by atoms with Crippen LogP contribution in [0, 0.1) is 0 Å². The zero-order chi connectivity index (χ0) is 4.00. The smallest absolute Gasteiger partial charge is 0.255 e. The quantitative estimate of drug-likeness (QED) is 0.187. The Balaban J connectivity index is -0.0000000133. The van der Waals surface area contributed by atoms with E-state index in [2.05, 4.69) is 0 Å². The molecule has 0 saturated heterocycles. The summed E-state index contributed by atoms with van der Waals surface area (Å²) in [6.07, 6.45) is 0. The van der Waals surface area contributed by atoms with Crippen LogP contribution in [0.5, 0.6) is 0 Å². The third kappa shape index (κ3) is 85.1. The fraction of sp³-hybridized carbons (Fsp3) is 0. The second kappa shape index (κ2) is 163. The van der Waals surface area contributed by atoms with Gasteiger partial charge in [0.1, 0.15) is 0 Å². The zero-order valence-corrected chi connectivity index (χ0v) is 3.91. The summed E-state index contributed by atoms with van der Waals surface area (Å²) >= 11 is 0. The molecule has 0 bridgehead atoms. The van der Waals surface area contributed by atoms with Gasteiger partial charge in [0.15, 0.2) is 0 Å². The Morgan fingerprint density at radius 2 is 0.600 bits per heavy atom. The molecule has 0 heterocycles. The van der Waals surface area contributed by atoms with E-state index in [1.54, 1.807) is 0 Å². The Kier molecular flexibility index (Phi) is 571. The van der Waals surface area contributed by atoms with Crippen molar-refractivity contribution < 1.29 is 21.0 Å². The van der Waals surface area contributed by atoms with Crippen LogP contribution in [0.15, 0.2) is 0 Å². The Morgan fingerprint density at radius 3 is 0.600 bits per heavy atom. The molecule has 0 aromatic heterocycles. The van der Waals surface area contributed by atoms with Crippen molar-refractivity contribution in [2.75, 3.05) is 0 Å². The van der Waals surface area contributed by atoms with E-state index < -0.39 is 0 Å². The van der Waals surface area contributed by atoms with Crippen LogP contribution in [-0.2, 0) is 0 Å². The van der Waals surface area contributed by atoms with E-state index in [1.165, 1.54) is 0 Å². The first-order valence-corrected chi connectivity index (χ1v) is 0.400. The normalized spacial score (nSPS) is 2.40. The predicted molar refractivity (Wildman–Crippen MR) is 16.3 cm³/mol. The summed E-state index contributed by atoms with van der Waals surface area (Å²) in [6.45, 7) is 0. The first-order chi connectivity index (χ1) is 2.00. The summed E-state index contributed by atoms with van der Waals surface area (Å²) in [5.74, 6) is 0. The van der Waals surface area contributed by atoms with Crippen molar-refractivity contribution in [3.63, 3.8) is 0 Å². The van der Waals surface area contributed by atoms with Crippen molar-refractivity contribution in [2.45, 2.75) is 0 Å². The molecule has 0 saturated carbocycles. The van der Waals surface area contributed by atoms with Crippen LogP contribution in [-0.4, -0.2) is 44.1 Å². The molecule has 0 aliphatic heterocycles. The van der Waals surface area contributed by atoms with Gasteiger partial charge in [-0.3, -0.25) is 21.0 Å². The SMILES string of the molecule is OO.OO.[Mg+2]. The van der Waals surface area contributed by atoms with Gasteiger partial charge in [-0.15, -0.1) is 0 Å². The molecule has 5 heavy (non-hydrogen) atoms. The molecule has 4 N–H and O–H groups in total. The minimum absolute atomic E-state index is 0. The van der Waals surface area contributed by atoms with Gasteiger partial charge in [0.2, 0.25) is 0 Å². The van der Waals surface area contributed by atoms with E-state index in [9.17, 15) is 0 Å². The van der Waals surface area contributed by atoms with Crippen molar-refractivity contribution in [3.05, 3.63) is 0 Å². The topological polar surface area (TPSA) is 80.9 Å². The van der Waals surface area contributed by atoms with E-state index in [4.69, 9.17) is 21.0 Å². The molecular formula is H4MgO4+2. The summed E-state index contributed by atoms with van der Waals surface area (Å²) < 4.78 is 0. The van der Waals surface area contributed by atoms with E-state index in [0.29, 0.717) is 0 Å². The fourth-order valence-electron chi connectivity index (χ4n) is 0. The van der Waals surface area contributed by atoms with Crippen LogP contribution in [0.2, 0.25) is 0 Å². The van der Waals surface area contributed by atoms with Crippen LogP contribution in [0.3, 0.4) is 0 Å². The first kappa shape index (κ1) is 17.5. The van der Waals surface area contributed by atoms with Gasteiger partial charge < -0.3 is 0 Å². The summed E-state index contributed by atoms with van der Waals surface area (Å²) in [6, 6.07) is 0. The molecule has 0 atom stereocenters. The second-order valence-corrected chi connectivity index (χ2v) is 0. The number of hydrogen-bond acceptors (Lipinski definition) is 4. The molecule has 5 heteroatoms. The molecule has 0 unspecified atom stereocenters. The molecular weight excluding hydrogens is 88.3 g/mol. The minimum Gasteiger partial charge on any atom is -0.255 e. The monoisotopic (exact) mass is 92.0 g/mol. The molecule has 0 aromatic carbocycles. The summed E-state index contributed by atoms with van der Waals surface area (Å²) in [5.41, 5.74) is 0. The van der Waals surface area contributed by atoms with Gasteiger partial charge in [0, 0.05) is 0 Å². The van der Waals surface area contributed by atoms with Gasteiger partial charge in [-0.1, -0.05) is 0 Å². The second-order valence-electron chi connectivity index (χ2n) is 0. The van der Waals surface area contributed by atoms with Crippen LogP contribution < -0.4 is 0 Å². The van der Waals surface area contributed by atoms with E-state index >= 15 is 0 Å². The number of hydrogen-bond donors (Lipinski definition) is 4. The van der Waals surface area contributed by atoms with E-state index in [0.717, 1.165) is 0 Å². The molecule has 0 amide bonds. The van der Waals surface area contributed by atoms with E-state index in [1.807, 2.05) is 0 Å². The predicted octanol–water partition coefficient (Wildman–Crippen LogP) is -0.346. The Hall–Kier alpha value is 0.606. The standard InChI is InChI=1S/Mg.2H2O2/c;2*1-2/h;2*1-2H/q+2;;. The summed E-state index contributed by atoms with van der Waals surface area (Å²) in [4.78, 5) is 0. The zero-order valence-electron chi connectivity index (χ0n) is 2.50. The van der Waals surface area contributed by atoms with E-state index in [-0.39, 0.29) is 23.1 Å². The Bertz CT molecular complexity index is 3.61. The summed E-state index contributed by atoms with van der Waals surface area (Å²) in [5, 5.41) is 24.0. The fourth-order valence-corrected chi connectivity index (χ4v) is 0. The van der Waals surface area contributed by atoms with Crippen LogP contribution >= 0.6 is 0 Å². The first-order valence-electron chi connectivity index (χ1n) is 0.400. The molecule has 0 aliphatic carbocycles. The van der Waals surface area contributed by atoms with Crippen LogP contribution in [0.1, 0.15) is 0 Å². The van der Waals surface area contributed by atoms with Crippen molar-refractivity contribution >= 4 is 23.1 Å². The maximum Gasteiger partial charge on any atom is 2.00 e. The Morgan fingerprint density at radius 1 is 0.600 bits per heavy atom. The van der Waals surface area contributed by atoms with Gasteiger partial charge in [-0.25, -0.2) is 0 Å². The van der Waals surface area contributed by atoms with Crippen molar-refractivity contribution in [1.29, 1.82) is 0 Å². The maximum absolute atomic E-state index is 6.00. The minimum atomic E-state index is 0. The molecule has 28 valence electrons. The van der Waals surface area contributed by atoms with Crippen LogP contribution in [0.4, 0.5) is 0 Å². The van der Waals surface area contributed by atoms with Crippen molar-refractivity contribution in [1.82, 2.24) is 0 Å². The van der Waals surface area contributed by atoms with Crippen LogP contribution in [0.25, 0.3) is 0 Å². The van der Waals surface area contributed by atoms with Crippen molar-refractivity contribution in [2.24, 2.45) is 0 Å². The van der Waals surface area contributed by atoms with Gasteiger partial charge in [0.05, 0.1) is 0 Å². The molecule has 0 spiro atoms. The molecule has 0 aromatic rings. The summed E-state index contributed by atoms with van der Waals surface area (Å²) in [7, 11) is 0. The third-order valence-corrected chi connectivity index (χ3v) is 0.